The monoisotopic (exact) mass is 477 g/mol. The van der Waals surface area contributed by atoms with Crippen LogP contribution in [0.15, 0.2) is 47.4 Å². The van der Waals surface area contributed by atoms with Gasteiger partial charge in [0.1, 0.15) is 0 Å². The second-order valence-corrected chi connectivity index (χ2v) is 9.82. The maximum atomic E-state index is 13.2. The van der Waals surface area contributed by atoms with Crippen molar-refractivity contribution in [2.24, 2.45) is 5.41 Å². The van der Waals surface area contributed by atoms with E-state index in [1.807, 2.05) is 4.72 Å². The fraction of sp³-hybridized carbons (Fsp3) is 0.350. The molecule has 2 aromatic carbocycles. The summed E-state index contributed by atoms with van der Waals surface area (Å²) in [6, 6.07) is 9.36. The highest BCUT2D eigenvalue weighted by atomic mass is 32.2. The molecule has 0 unspecified atom stereocenters. The number of alkyl halides is 6. The van der Waals surface area contributed by atoms with Crippen molar-refractivity contribution in [1.82, 2.24) is 5.32 Å². The van der Waals surface area contributed by atoms with Crippen molar-refractivity contribution in [3.05, 3.63) is 59.7 Å². The van der Waals surface area contributed by atoms with E-state index in [4.69, 9.17) is 0 Å². The summed E-state index contributed by atoms with van der Waals surface area (Å²) in [6.07, 6.45) is -10.2. The van der Waals surface area contributed by atoms with Gasteiger partial charge in [0.25, 0.3) is 15.9 Å². The van der Waals surface area contributed by atoms with Crippen LogP contribution < -0.4 is 10.0 Å². The van der Waals surface area contributed by atoms with E-state index in [9.17, 15) is 39.6 Å². The Hall–Kier alpha value is -2.76. The third-order valence-electron chi connectivity index (χ3n) is 5.84. The molecule has 3 saturated carbocycles. The van der Waals surface area contributed by atoms with E-state index < -0.39 is 56.1 Å². The van der Waals surface area contributed by atoms with E-state index in [2.05, 4.69) is 11.4 Å². The van der Waals surface area contributed by atoms with Crippen molar-refractivity contribution in [3.63, 3.8) is 0 Å². The van der Waals surface area contributed by atoms with Crippen LogP contribution >= 0.6 is 0 Å². The van der Waals surface area contributed by atoms with Crippen LogP contribution in [0, 0.1) is 11.5 Å². The van der Waals surface area contributed by atoms with Crippen LogP contribution in [-0.4, -0.2) is 26.0 Å². The van der Waals surface area contributed by atoms with Gasteiger partial charge in [-0.05, 0) is 55.7 Å². The van der Waals surface area contributed by atoms with Gasteiger partial charge in [-0.15, -0.1) is 0 Å². The van der Waals surface area contributed by atoms with E-state index in [1.54, 1.807) is 0 Å². The molecule has 0 aromatic heterocycles. The summed E-state index contributed by atoms with van der Waals surface area (Å²) < 4.78 is 106. The molecule has 5 nitrogen and oxygen atoms in total. The molecule has 2 bridgehead atoms. The van der Waals surface area contributed by atoms with Gasteiger partial charge < -0.3 is 5.32 Å². The third-order valence-corrected chi connectivity index (χ3v) is 7.23. The summed E-state index contributed by atoms with van der Waals surface area (Å²) in [6.45, 7) is 0. The van der Waals surface area contributed by atoms with Crippen molar-refractivity contribution in [2.75, 3.05) is 4.72 Å². The Kier molecular flexibility index (Phi) is 4.81. The Morgan fingerprint density at radius 1 is 0.969 bits per heavy atom. The molecule has 32 heavy (non-hydrogen) atoms. The summed E-state index contributed by atoms with van der Waals surface area (Å²) >= 11 is 0. The van der Waals surface area contributed by atoms with Crippen LogP contribution in [0.2, 0.25) is 0 Å². The van der Waals surface area contributed by atoms with Crippen molar-refractivity contribution in [1.29, 1.82) is 0 Å². The normalized spacial score (nSPS) is 24.8. The summed E-state index contributed by atoms with van der Waals surface area (Å²) in [4.78, 5) is 12.5. The number of sulfonamides is 1. The number of halogens is 6. The summed E-state index contributed by atoms with van der Waals surface area (Å²) in [5, 5.41) is 2.44. The highest BCUT2D eigenvalue weighted by Crippen LogP contribution is 2.73. The number of rotatable bonds is 5. The first-order chi connectivity index (χ1) is 14.7. The minimum atomic E-state index is -4.82. The van der Waals surface area contributed by atoms with E-state index >= 15 is 0 Å². The van der Waals surface area contributed by atoms with Gasteiger partial charge in [0.05, 0.1) is 27.1 Å². The fourth-order valence-electron chi connectivity index (χ4n) is 4.29. The SMILES string of the molecule is O=C(NC12CC(C(F)(F)F)(C1)C2)c1ccc(C(F)(F)F)cc1NS(=O)(=O)c1cc[c]cc1. The number of benzene rings is 2. The fourth-order valence-corrected chi connectivity index (χ4v) is 5.36. The Morgan fingerprint density at radius 2 is 1.56 bits per heavy atom. The van der Waals surface area contributed by atoms with Gasteiger partial charge >= 0.3 is 12.4 Å². The molecule has 3 fully saturated rings. The van der Waals surface area contributed by atoms with Gasteiger partial charge in [-0.25, -0.2) is 8.42 Å². The van der Waals surface area contributed by atoms with Crippen molar-refractivity contribution >= 4 is 21.6 Å². The first-order valence-electron chi connectivity index (χ1n) is 9.26. The number of carbonyl (C=O) groups is 1. The summed E-state index contributed by atoms with van der Waals surface area (Å²) in [5.41, 5.74) is -5.21. The molecule has 5 rings (SSSR count). The van der Waals surface area contributed by atoms with Crippen LogP contribution in [0.5, 0.6) is 0 Å². The van der Waals surface area contributed by atoms with Crippen molar-refractivity contribution in [2.45, 2.75) is 42.0 Å². The lowest BCUT2D eigenvalue weighted by Gasteiger charge is -2.70. The first kappa shape index (κ1) is 22.4. The lowest BCUT2D eigenvalue weighted by Crippen LogP contribution is -2.78. The average molecular weight is 477 g/mol. The topological polar surface area (TPSA) is 75.3 Å². The molecule has 1 amide bonds. The lowest BCUT2D eigenvalue weighted by atomic mass is 9.39. The van der Waals surface area contributed by atoms with E-state index in [0.29, 0.717) is 12.1 Å². The van der Waals surface area contributed by atoms with Crippen LogP contribution in [0.3, 0.4) is 0 Å². The van der Waals surface area contributed by atoms with Crippen molar-refractivity contribution < 1.29 is 39.6 Å². The van der Waals surface area contributed by atoms with E-state index in [0.717, 1.165) is 18.2 Å². The van der Waals surface area contributed by atoms with Gasteiger partial charge in [0, 0.05) is 5.54 Å². The number of anilines is 1. The van der Waals surface area contributed by atoms with Gasteiger partial charge in [-0.1, -0.05) is 12.1 Å². The smallest absolute Gasteiger partial charge is 0.346 e. The van der Waals surface area contributed by atoms with Crippen LogP contribution in [0.1, 0.15) is 35.2 Å². The highest BCUT2D eigenvalue weighted by molar-refractivity contribution is 7.92. The standard InChI is InChI=1S/C20H15F6N2O3S/c21-19(22,23)12-6-7-14(15(8-12)28-32(30,31)13-4-2-1-3-5-13)16(29)27-18-9-17(10-18,11-18)20(24,25)26/h2-8,28H,9-11H2,(H,27,29). The third kappa shape index (κ3) is 3.70. The molecule has 0 heterocycles. The largest absolute Gasteiger partial charge is 0.416 e. The van der Waals surface area contributed by atoms with Crippen LogP contribution in [0.25, 0.3) is 0 Å². The molecule has 12 heteroatoms. The zero-order chi connectivity index (χ0) is 23.6. The second kappa shape index (κ2) is 6.87. The van der Waals surface area contributed by atoms with Gasteiger partial charge in [0.2, 0.25) is 0 Å². The minimum Gasteiger partial charge on any atom is -0.346 e. The second-order valence-electron chi connectivity index (χ2n) is 8.14. The Balaban J connectivity index is 1.62. The maximum absolute atomic E-state index is 13.2. The van der Waals surface area contributed by atoms with Gasteiger partial charge in [-0.3, -0.25) is 9.52 Å². The molecule has 3 aliphatic carbocycles. The predicted molar refractivity (Wildman–Crippen MR) is 100 cm³/mol. The molecule has 171 valence electrons. The Bertz CT molecular complexity index is 1160. The number of nitrogens with one attached hydrogen (secondary N) is 2. The number of carbonyl (C=O) groups excluding carboxylic acids is 1. The molecular formula is C20H15F6N2O3S. The first-order valence-corrected chi connectivity index (χ1v) is 10.7. The van der Waals surface area contributed by atoms with Gasteiger partial charge in [-0.2, -0.15) is 26.3 Å². The molecule has 0 atom stereocenters. The summed E-state index contributed by atoms with van der Waals surface area (Å²) in [5.74, 6) is -0.965. The van der Waals surface area contributed by atoms with Crippen LogP contribution in [0.4, 0.5) is 32.0 Å². The summed E-state index contributed by atoms with van der Waals surface area (Å²) in [7, 11) is -4.35. The highest BCUT2D eigenvalue weighted by Gasteiger charge is 2.79. The molecule has 2 aromatic rings. The number of amides is 1. The zero-order valence-corrected chi connectivity index (χ0v) is 16.9. The average Bonchev–Trinajstić information content (AvgIpc) is 2.62. The molecule has 3 aliphatic rings. The van der Waals surface area contributed by atoms with Crippen LogP contribution in [-0.2, 0) is 16.2 Å². The van der Waals surface area contributed by atoms with Crippen molar-refractivity contribution in [3.8, 4) is 0 Å². The van der Waals surface area contributed by atoms with E-state index in [1.165, 1.54) is 12.1 Å². The quantitative estimate of drug-likeness (QED) is 0.622. The predicted octanol–water partition coefficient (Wildman–Crippen LogP) is 4.52. The van der Waals surface area contributed by atoms with Gasteiger partial charge in [0.15, 0.2) is 0 Å². The maximum Gasteiger partial charge on any atom is 0.416 e. The molecule has 0 spiro atoms. The minimum absolute atomic E-state index is 0.272. The lowest BCUT2D eigenvalue weighted by molar-refractivity contribution is -0.336. The number of hydrogen-bond donors (Lipinski definition) is 2. The molecule has 1 radical (unpaired) electrons. The number of hydrogen-bond acceptors (Lipinski definition) is 3. The Labute approximate surface area is 178 Å². The molecular weight excluding hydrogens is 462 g/mol. The molecule has 0 saturated heterocycles. The van der Waals surface area contributed by atoms with E-state index in [-0.39, 0.29) is 24.2 Å². The molecule has 2 N–H and O–H groups in total. The Morgan fingerprint density at radius 3 is 2.09 bits per heavy atom. The molecule has 0 aliphatic heterocycles. The zero-order valence-electron chi connectivity index (χ0n) is 16.1.